The van der Waals surface area contributed by atoms with E-state index in [9.17, 15) is 0 Å². The molecule has 0 bridgehead atoms. The van der Waals surface area contributed by atoms with Gasteiger partial charge in [0.2, 0.25) is 0 Å². The second-order valence-corrected chi connectivity index (χ2v) is 3.34. The van der Waals surface area contributed by atoms with Gasteiger partial charge in [-0.05, 0) is 6.42 Å². The fourth-order valence-corrected chi connectivity index (χ4v) is 2.01. The Kier molecular flexibility index (Phi) is 1.67. The van der Waals surface area contributed by atoms with Crippen molar-refractivity contribution < 1.29 is 4.74 Å². The SMILES string of the molecule is C1=NC2=COCCC2CS1. The summed E-state index contributed by atoms with van der Waals surface area (Å²) in [5.41, 5.74) is 3.03. The average molecular weight is 155 g/mol. The fourth-order valence-electron chi connectivity index (χ4n) is 1.16. The zero-order chi connectivity index (χ0) is 6.81. The molecule has 1 atom stereocenters. The number of ether oxygens (including phenoxy) is 1. The third kappa shape index (κ3) is 1.06. The Morgan fingerprint density at radius 3 is 3.60 bits per heavy atom. The molecule has 0 aliphatic carbocycles. The lowest BCUT2D eigenvalue weighted by molar-refractivity contribution is 0.204. The summed E-state index contributed by atoms with van der Waals surface area (Å²) >= 11 is 1.79. The quantitative estimate of drug-likeness (QED) is 0.530. The van der Waals surface area contributed by atoms with E-state index in [1.165, 1.54) is 5.75 Å². The van der Waals surface area contributed by atoms with Crippen molar-refractivity contribution in [3.63, 3.8) is 0 Å². The van der Waals surface area contributed by atoms with Crippen molar-refractivity contribution in [3.8, 4) is 0 Å². The zero-order valence-electron chi connectivity index (χ0n) is 5.62. The first-order chi connectivity index (χ1) is 4.97. The van der Waals surface area contributed by atoms with Gasteiger partial charge < -0.3 is 4.74 Å². The van der Waals surface area contributed by atoms with Crippen LogP contribution in [0.2, 0.25) is 0 Å². The van der Waals surface area contributed by atoms with E-state index >= 15 is 0 Å². The van der Waals surface area contributed by atoms with E-state index in [1.54, 1.807) is 18.0 Å². The molecule has 2 heterocycles. The summed E-state index contributed by atoms with van der Waals surface area (Å²) in [6, 6.07) is 0. The first kappa shape index (κ1) is 6.28. The summed E-state index contributed by atoms with van der Waals surface area (Å²) < 4.78 is 5.15. The maximum Gasteiger partial charge on any atom is 0.105 e. The molecule has 2 aliphatic rings. The Bertz CT molecular complexity index is 188. The Labute approximate surface area is 64.4 Å². The number of hydrogen-bond donors (Lipinski definition) is 0. The van der Waals surface area contributed by atoms with Crippen LogP contribution in [0.1, 0.15) is 6.42 Å². The van der Waals surface area contributed by atoms with Gasteiger partial charge in [-0.15, -0.1) is 11.8 Å². The van der Waals surface area contributed by atoms with Crippen LogP contribution >= 0.6 is 11.8 Å². The molecule has 0 aromatic carbocycles. The second-order valence-electron chi connectivity index (χ2n) is 2.47. The molecule has 1 unspecified atom stereocenters. The molecule has 0 spiro atoms. The van der Waals surface area contributed by atoms with Crippen molar-refractivity contribution in [2.24, 2.45) is 10.9 Å². The van der Waals surface area contributed by atoms with Gasteiger partial charge in [-0.3, -0.25) is 4.99 Å². The lowest BCUT2D eigenvalue weighted by Gasteiger charge is -2.22. The van der Waals surface area contributed by atoms with Gasteiger partial charge in [0.15, 0.2) is 0 Å². The monoisotopic (exact) mass is 155 g/mol. The van der Waals surface area contributed by atoms with Gasteiger partial charge in [0.05, 0.1) is 17.9 Å². The smallest absolute Gasteiger partial charge is 0.105 e. The summed E-state index contributed by atoms with van der Waals surface area (Å²) in [6.07, 6.45) is 2.93. The van der Waals surface area contributed by atoms with E-state index in [-0.39, 0.29) is 0 Å². The number of thioether (sulfide) groups is 1. The number of allylic oxidation sites excluding steroid dienone is 1. The van der Waals surface area contributed by atoms with Gasteiger partial charge in [0.1, 0.15) is 6.26 Å². The molecule has 0 amide bonds. The van der Waals surface area contributed by atoms with E-state index in [1.807, 2.05) is 5.55 Å². The predicted molar refractivity (Wildman–Crippen MR) is 43.1 cm³/mol. The van der Waals surface area contributed by atoms with Crippen LogP contribution in [-0.2, 0) is 4.74 Å². The van der Waals surface area contributed by atoms with Crippen LogP contribution in [0.3, 0.4) is 0 Å². The molecule has 3 heteroatoms. The number of nitrogens with zero attached hydrogens (tertiary/aromatic N) is 1. The molecule has 2 aliphatic heterocycles. The van der Waals surface area contributed by atoms with Crippen molar-refractivity contribution in [1.29, 1.82) is 0 Å². The van der Waals surface area contributed by atoms with Gasteiger partial charge in [0, 0.05) is 11.7 Å². The molecule has 0 N–H and O–H groups in total. The van der Waals surface area contributed by atoms with Gasteiger partial charge in [-0.25, -0.2) is 0 Å². The number of fused-ring (bicyclic) bond motifs is 1. The molecule has 2 rings (SSSR count). The zero-order valence-corrected chi connectivity index (χ0v) is 6.43. The van der Waals surface area contributed by atoms with Gasteiger partial charge in [0.25, 0.3) is 0 Å². The third-order valence-electron chi connectivity index (χ3n) is 1.78. The maximum atomic E-state index is 5.15. The molecule has 0 saturated heterocycles. The molecule has 0 aromatic rings. The summed E-state index contributed by atoms with van der Waals surface area (Å²) in [7, 11) is 0. The van der Waals surface area contributed by atoms with E-state index in [0.717, 1.165) is 18.7 Å². The lowest BCUT2D eigenvalue weighted by atomic mass is 10.0. The van der Waals surface area contributed by atoms with Crippen molar-refractivity contribution in [2.45, 2.75) is 6.42 Å². The minimum atomic E-state index is 0.656. The van der Waals surface area contributed by atoms with Gasteiger partial charge in [-0.2, -0.15) is 0 Å². The van der Waals surface area contributed by atoms with Crippen LogP contribution in [0.15, 0.2) is 17.0 Å². The average Bonchev–Trinajstić information content (AvgIpc) is 2.05. The molecular weight excluding hydrogens is 146 g/mol. The van der Waals surface area contributed by atoms with Crippen molar-refractivity contribution >= 4 is 17.3 Å². The number of hydrogen-bond acceptors (Lipinski definition) is 3. The van der Waals surface area contributed by atoms with Crippen LogP contribution in [0.4, 0.5) is 0 Å². The Morgan fingerprint density at radius 2 is 2.70 bits per heavy atom. The molecule has 0 fully saturated rings. The summed E-state index contributed by atoms with van der Waals surface area (Å²) in [5, 5.41) is 0. The van der Waals surface area contributed by atoms with Crippen LogP contribution in [-0.4, -0.2) is 17.9 Å². The minimum Gasteiger partial charge on any atom is -0.499 e. The second kappa shape index (κ2) is 2.66. The molecule has 0 aromatic heterocycles. The normalized spacial score (nSPS) is 30.4. The highest BCUT2D eigenvalue weighted by Gasteiger charge is 2.20. The molecule has 0 saturated carbocycles. The van der Waals surface area contributed by atoms with Crippen LogP contribution in [0.25, 0.3) is 0 Å². The molecule has 10 heavy (non-hydrogen) atoms. The standard InChI is InChI=1S/C7H9NOS/c1-2-9-3-7-6(1)4-10-5-8-7/h3,5-6H,1-2,4H2. The third-order valence-corrected chi connectivity index (χ3v) is 2.63. The summed E-state index contributed by atoms with van der Waals surface area (Å²) in [6.45, 7) is 0.865. The molecule has 2 nitrogen and oxygen atoms in total. The van der Waals surface area contributed by atoms with E-state index in [2.05, 4.69) is 4.99 Å². The maximum absolute atomic E-state index is 5.15. The highest BCUT2D eigenvalue weighted by atomic mass is 32.2. The minimum absolute atomic E-state index is 0.656. The van der Waals surface area contributed by atoms with Gasteiger partial charge >= 0.3 is 0 Å². The van der Waals surface area contributed by atoms with Crippen LogP contribution < -0.4 is 0 Å². The van der Waals surface area contributed by atoms with Gasteiger partial charge in [-0.1, -0.05) is 0 Å². The predicted octanol–water partition coefficient (Wildman–Crippen LogP) is 1.64. The van der Waals surface area contributed by atoms with Crippen molar-refractivity contribution in [3.05, 3.63) is 12.0 Å². The van der Waals surface area contributed by atoms with Crippen LogP contribution in [0.5, 0.6) is 0 Å². The molecule has 0 radical (unpaired) electrons. The Balaban J connectivity index is 2.21. The topological polar surface area (TPSA) is 21.6 Å². The summed E-state index contributed by atoms with van der Waals surface area (Å²) in [5.74, 6) is 1.84. The van der Waals surface area contributed by atoms with E-state index in [4.69, 9.17) is 4.74 Å². The van der Waals surface area contributed by atoms with Crippen molar-refractivity contribution in [2.75, 3.05) is 12.4 Å². The molecule has 54 valence electrons. The highest BCUT2D eigenvalue weighted by molar-refractivity contribution is 8.12. The first-order valence-electron chi connectivity index (χ1n) is 3.42. The van der Waals surface area contributed by atoms with E-state index in [0.29, 0.717) is 5.92 Å². The first-order valence-corrected chi connectivity index (χ1v) is 4.47. The Hall–Kier alpha value is -0.440. The largest absolute Gasteiger partial charge is 0.499 e. The number of rotatable bonds is 0. The highest BCUT2D eigenvalue weighted by Crippen LogP contribution is 2.28. The lowest BCUT2D eigenvalue weighted by Crippen LogP contribution is -2.16. The fraction of sp³-hybridized carbons (Fsp3) is 0.571. The summed E-state index contributed by atoms with van der Waals surface area (Å²) in [4.78, 5) is 4.23. The molecular formula is C7H9NOS. The van der Waals surface area contributed by atoms with E-state index < -0.39 is 0 Å². The van der Waals surface area contributed by atoms with Crippen LogP contribution in [0, 0.1) is 5.92 Å². The van der Waals surface area contributed by atoms with Crippen molar-refractivity contribution in [1.82, 2.24) is 0 Å². The Morgan fingerprint density at radius 1 is 1.70 bits per heavy atom. The number of aliphatic imine (C=N–C) groups is 1.